The van der Waals surface area contributed by atoms with Crippen molar-refractivity contribution >= 4 is 5.91 Å². The Balaban J connectivity index is 1.37. The van der Waals surface area contributed by atoms with Gasteiger partial charge in [0.25, 0.3) is 0 Å². The van der Waals surface area contributed by atoms with Gasteiger partial charge in [0.2, 0.25) is 5.91 Å². The van der Waals surface area contributed by atoms with Gasteiger partial charge < -0.3 is 14.8 Å². The molecule has 2 aliphatic heterocycles. The first-order valence-electron chi connectivity index (χ1n) is 8.02. The molecule has 1 amide bonds. The van der Waals surface area contributed by atoms with Crippen molar-refractivity contribution in [3.8, 4) is 11.5 Å². The lowest BCUT2D eigenvalue weighted by molar-refractivity contribution is -0.121. The van der Waals surface area contributed by atoms with E-state index in [2.05, 4.69) is 11.4 Å². The van der Waals surface area contributed by atoms with Crippen LogP contribution < -0.4 is 14.8 Å². The fraction of sp³-hybridized carbons (Fsp3) is 0.316. The summed E-state index contributed by atoms with van der Waals surface area (Å²) in [7, 11) is 0. The molecular formula is C19H19NO3. The molecular weight excluding hydrogens is 290 g/mol. The molecule has 4 heteroatoms. The molecule has 4 rings (SSSR count). The van der Waals surface area contributed by atoms with Crippen molar-refractivity contribution in [2.24, 2.45) is 0 Å². The summed E-state index contributed by atoms with van der Waals surface area (Å²) in [5.41, 5.74) is 3.38. The number of para-hydroxylation sites is 1. The van der Waals surface area contributed by atoms with E-state index < -0.39 is 0 Å². The first-order valence-corrected chi connectivity index (χ1v) is 8.02. The highest BCUT2D eigenvalue weighted by Gasteiger charge is 2.21. The molecule has 0 aliphatic carbocycles. The van der Waals surface area contributed by atoms with Crippen LogP contribution in [0.5, 0.6) is 11.5 Å². The summed E-state index contributed by atoms with van der Waals surface area (Å²) in [4.78, 5) is 12.3. The summed E-state index contributed by atoms with van der Waals surface area (Å²) >= 11 is 0. The number of fused-ring (bicyclic) bond motifs is 2. The molecule has 118 valence electrons. The van der Waals surface area contributed by atoms with Gasteiger partial charge in [-0.15, -0.1) is 0 Å². The van der Waals surface area contributed by atoms with Crippen molar-refractivity contribution in [1.29, 1.82) is 0 Å². The summed E-state index contributed by atoms with van der Waals surface area (Å²) in [5.74, 6) is 1.92. The monoisotopic (exact) mass is 309 g/mol. The highest BCUT2D eigenvalue weighted by atomic mass is 16.5. The summed E-state index contributed by atoms with van der Waals surface area (Å²) in [5, 5.41) is 3.08. The standard InChI is InChI=1S/C19H19NO3/c21-19(10-13-5-6-18-15(9-13)7-8-22-18)20-16-11-14-3-1-2-4-17(14)23-12-16/h1-6,9,16H,7-8,10-12H2,(H,20,21). The van der Waals surface area contributed by atoms with E-state index >= 15 is 0 Å². The Morgan fingerprint density at radius 1 is 1.09 bits per heavy atom. The molecule has 1 N–H and O–H groups in total. The van der Waals surface area contributed by atoms with Crippen molar-refractivity contribution in [3.05, 3.63) is 59.2 Å². The first-order chi connectivity index (χ1) is 11.3. The Kier molecular flexibility index (Phi) is 3.66. The molecule has 0 spiro atoms. The van der Waals surface area contributed by atoms with E-state index in [1.807, 2.05) is 36.4 Å². The molecule has 0 fully saturated rings. The molecule has 2 aromatic rings. The number of benzene rings is 2. The van der Waals surface area contributed by atoms with Crippen molar-refractivity contribution in [2.45, 2.75) is 25.3 Å². The number of hydrogen-bond donors (Lipinski definition) is 1. The Labute approximate surface area is 135 Å². The molecule has 23 heavy (non-hydrogen) atoms. The second-order valence-corrected chi connectivity index (χ2v) is 6.10. The zero-order chi connectivity index (χ0) is 15.6. The van der Waals surface area contributed by atoms with Gasteiger partial charge >= 0.3 is 0 Å². The highest BCUT2D eigenvalue weighted by Crippen LogP contribution is 2.26. The van der Waals surface area contributed by atoms with Gasteiger partial charge in [-0.25, -0.2) is 0 Å². The van der Waals surface area contributed by atoms with Gasteiger partial charge in [-0.3, -0.25) is 4.79 Å². The third-order valence-corrected chi connectivity index (χ3v) is 4.36. The van der Waals surface area contributed by atoms with Gasteiger partial charge in [-0.2, -0.15) is 0 Å². The highest BCUT2D eigenvalue weighted by molar-refractivity contribution is 5.79. The summed E-state index contributed by atoms with van der Waals surface area (Å²) in [6.45, 7) is 1.27. The van der Waals surface area contributed by atoms with Crippen LogP contribution in [0.4, 0.5) is 0 Å². The number of rotatable bonds is 3. The maximum absolute atomic E-state index is 12.3. The number of amides is 1. The molecule has 0 bridgehead atoms. The number of carbonyl (C=O) groups excluding carboxylic acids is 1. The van der Waals surface area contributed by atoms with Crippen LogP contribution in [0.25, 0.3) is 0 Å². The number of nitrogens with one attached hydrogen (secondary N) is 1. The molecule has 2 aliphatic rings. The second-order valence-electron chi connectivity index (χ2n) is 6.10. The van der Waals surface area contributed by atoms with E-state index in [9.17, 15) is 4.79 Å². The molecule has 0 aromatic heterocycles. The van der Waals surface area contributed by atoms with Crippen LogP contribution in [-0.2, 0) is 24.1 Å². The van der Waals surface area contributed by atoms with E-state index in [0.29, 0.717) is 13.0 Å². The zero-order valence-corrected chi connectivity index (χ0v) is 12.9. The van der Waals surface area contributed by atoms with Gasteiger partial charge in [0.05, 0.1) is 19.1 Å². The topological polar surface area (TPSA) is 47.6 Å². The molecule has 0 saturated heterocycles. The van der Waals surface area contributed by atoms with Crippen molar-refractivity contribution in [2.75, 3.05) is 13.2 Å². The molecule has 0 saturated carbocycles. The lowest BCUT2D eigenvalue weighted by atomic mass is 10.0. The molecule has 2 heterocycles. The lowest BCUT2D eigenvalue weighted by Gasteiger charge is -2.26. The van der Waals surface area contributed by atoms with E-state index in [-0.39, 0.29) is 11.9 Å². The molecule has 1 unspecified atom stereocenters. The summed E-state index contributed by atoms with van der Waals surface area (Å²) in [6, 6.07) is 14.0. The van der Waals surface area contributed by atoms with E-state index in [1.54, 1.807) is 0 Å². The van der Waals surface area contributed by atoms with Crippen LogP contribution in [0.1, 0.15) is 16.7 Å². The fourth-order valence-electron chi connectivity index (χ4n) is 3.23. The van der Waals surface area contributed by atoms with E-state index in [0.717, 1.165) is 42.1 Å². The Hall–Kier alpha value is -2.49. The minimum atomic E-state index is 0.0372. The maximum Gasteiger partial charge on any atom is 0.224 e. The van der Waals surface area contributed by atoms with Crippen LogP contribution in [0.15, 0.2) is 42.5 Å². The molecule has 1 atom stereocenters. The smallest absolute Gasteiger partial charge is 0.224 e. The van der Waals surface area contributed by atoms with Gasteiger partial charge in [0, 0.05) is 6.42 Å². The Morgan fingerprint density at radius 2 is 1.96 bits per heavy atom. The number of hydrogen-bond acceptors (Lipinski definition) is 3. The molecule has 4 nitrogen and oxygen atoms in total. The SMILES string of the molecule is O=C(Cc1ccc2c(c1)CCO2)NC1COc2ccccc2C1. The van der Waals surface area contributed by atoms with Gasteiger partial charge in [-0.1, -0.05) is 30.3 Å². The average Bonchev–Trinajstić information content (AvgIpc) is 3.02. The quantitative estimate of drug-likeness (QED) is 0.946. The molecule has 2 aromatic carbocycles. The Morgan fingerprint density at radius 3 is 2.91 bits per heavy atom. The van der Waals surface area contributed by atoms with Gasteiger partial charge in [0.15, 0.2) is 0 Å². The van der Waals surface area contributed by atoms with Gasteiger partial charge in [-0.05, 0) is 35.2 Å². The van der Waals surface area contributed by atoms with E-state index in [4.69, 9.17) is 9.47 Å². The number of ether oxygens (including phenoxy) is 2. The van der Waals surface area contributed by atoms with Crippen LogP contribution >= 0.6 is 0 Å². The normalized spacial score (nSPS) is 18.3. The summed E-state index contributed by atoms with van der Waals surface area (Å²) in [6.07, 6.45) is 2.14. The van der Waals surface area contributed by atoms with Crippen LogP contribution in [-0.4, -0.2) is 25.2 Å². The third-order valence-electron chi connectivity index (χ3n) is 4.36. The maximum atomic E-state index is 12.3. The average molecular weight is 309 g/mol. The predicted octanol–water partition coefficient (Wildman–Crippen LogP) is 2.28. The molecule has 0 radical (unpaired) electrons. The van der Waals surface area contributed by atoms with Crippen molar-refractivity contribution in [3.63, 3.8) is 0 Å². The van der Waals surface area contributed by atoms with Crippen LogP contribution in [0.3, 0.4) is 0 Å². The number of carbonyl (C=O) groups is 1. The lowest BCUT2D eigenvalue weighted by Crippen LogP contribution is -2.43. The predicted molar refractivity (Wildman–Crippen MR) is 86.9 cm³/mol. The largest absolute Gasteiger partial charge is 0.493 e. The van der Waals surface area contributed by atoms with Crippen molar-refractivity contribution < 1.29 is 14.3 Å². The summed E-state index contributed by atoms with van der Waals surface area (Å²) < 4.78 is 11.2. The Bertz CT molecular complexity index is 741. The van der Waals surface area contributed by atoms with Gasteiger partial charge in [0.1, 0.15) is 18.1 Å². The van der Waals surface area contributed by atoms with E-state index in [1.165, 1.54) is 5.56 Å². The third kappa shape index (κ3) is 3.02. The fourth-order valence-corrected chi connectivity index (χ4v) is 3.23. The van der Waals surface area contributed by atoms with Crippen LogP contribution in [0, 0.1) is 0 Å². The zero-order valence-electron chi connectivity index (χ0n) is 12.9. The second kappa shape index (κ2) is 5.95. The van der Waals surface area contributed by atoms with Crippen LogP contribution in [0.2, 0.25) is 0 Å². The van der Waals surface area contributed by atoms with Crippen molar-refractivity contribution in [1.82, 2.24) is 5.32 Å². The first kappa shape index (κ1) is 14.1. The minimum Gasteiger partial charge on any atom is -0.493 e. The minimum absolute atomic E-state index is 0.0372.